The van der Waals surface area contributed by atoms with E-state index in [0.717, 1.165) is 12.8 Å². The molecule has 134 valence electrons. The molecule has 1 atom stereocenters. The fourth-order valence-electron chi connectivity index (χ4n) is 2.88. The smallest absolute Gasteiger partial charge is 0.282 e. The molecule has 0 unspecified atom stereocenters. The number of rotatable bonds is 7. The number of morpholine rings is 1. The molecule has 0 saturated carbocycles. The Kier molecular flexibility index (Phi) is 7.22. The highest BCUT2D eigenvalue weighted by molar-refractivity contribution is 7.86. The van der Waals surface area contributed by atoms with Gasteiger partial charge < -0.3 is 14.8 Å². The van der Waals surface area contributed by atoms with Gasteiger partial charge in [0, 0.05) is 46.4 Å². The predicted molar refractivity (Wildman–Crippen MR) is 85.1 cm³/mol. The number of nitrogens with zero attached hydrogens (tertiary/aromatic N) is 2. The van der Waals surface area contributed by atoms with Gasteiger partial charge in [0.25, 0.3) is 10.2 Å². The number of carbonyl (C=O) groups is 1. The molecule has 2 aliphatic heterocycles. The fraction of sp³-hybridized carbons (Fsp3) is 0.929. The van der Waals surface area contributed by atoms with Crippen LogP contribution in [0.5, 0.6) is 0 Å². The summed E-state index contributed by atoms with van der Waals surface area (Å²) in [5.41, 5.74) is 0. The number of piperidine rings is 1. The molecule has 0 aromatic rings. The summed E-state index contributed by atoms with van der Waals surface area (Å²) in [6, 6.07) is 0. The standard InChI is InChI=1S/C14H27N3O5S/c1-21-9-3-5-15-14(18)13-4-2-6-17(12-13)23(19,20)16-7-10-22-11-8-16/h13H,2-12H2,1H3,(H,15,18)/t13-/m1/s1. The van der Waals surface area contributed by atoms with Crippen LogP contribution in [-0.4, -0.2) is 82.6 Å². The molecule has 2 heterocycles. The Morgan fingerprint density at radius 2 is 2.00 bits per heavy atom. The molecule has 0 bridgehead atoms. The maximum atomic E-state index is 12.7. The summed E-state index contributed by atoms with van der Waals surface area (Å²) in [5.74, 6) is -0.343. The molecule has 1 amide bonds. The largest absolute Gasteiger partial charge is 0.385 e. The molecule has 0 spiro atoms. The summed E-state index contributed by atoms with van der Waals surface area (Å²) >= 11 is 0. The second kappa shape index (κ2) is 8.93. The molecule has 23 heavy (non-hydrogen) atoms. The zero-order valence-electron chi connectivity index (χ0n) is 13.7. The van der Waals surface area contributed by atoms with Gasteiger partial charge in [0.15, 0.2) is 0 Å². The van der Waals surface area contributed by atoms with Gasteiger partial charge in [0.2, 0.25) is 5.91 Å². The van der Waals surface area contributed by atoms with Gasteiger partial charge in [0.05, 0.1) is 19.1 Å². The molecule has 1 N–H and O–H groups in total. The summed E-state index contributed by atoms with van der Waals surface area (Å²) in [4.78, 5) is 12.2. The summed E-state index contributed by atoms with van der Waals surface area (Å²) < 4.78 is 38.4. The molecule has 2 rings (SSSR count). The van der Waals surface area contributed by atoms with E-state index >= 15 is 0 Å². The predicted octanol–water partition coefficient (Wildman–Crippen LogP) is -0.572. The zero-order valence-corrected chi connectivity index (χ0v) is 14.5. The lowest BCUT2D eigenvalue weighted by atomic mass is 9.99. The molecule has 0 radical (unpaired) electrons. The van der Waals surface area contributed by atoms with Gasteiger partial charge in [0.1, 0.15) is 0 Å². The zero-order chi connectivity index (χ0) is 16.7. The van der Waals surface area contributed by atoms with Crippen LogP contribution in [0, 0.1) is 5.92 Å². The van der Waals surface area contributed by atoms with Crippen molar-refractivity contribution in [2.75, 3.05) is 59.7 Å². The van der Waals surface area contributed by atoms with E-state index in [1.54, 1.807) is 7.11 Å². The van der Waals surface area contributed by atoms with E-state index in [2.05, 4.69) is 5.32 Å². The quantitative estimate of drug-likeness (QED) is 0.622. The maximum Gasteiger partial charge on any atom is 0.282 e. The van der Waals surface area contributed by atoms with Crippen molar-refractivity contribution in [3.05, 3.63) is 0 Å². The Labute approximate surface area is 138 Å². The highest BCUT2D eigenvalue weighted by atomic mass is 32.2. The van der Waals surface area contributed by atoms with E-state index < -0.39 is 10.2 Å². The number of methoxy groups -OCH3 is 1. The Bertz CT molecular complexity index is 479. The molecule has 8 nitrogen and oxygen atoms in total. The van der Waals surface area contributed by atoms with Crippen molar-refractivity contribution < 1.29 is 22.7 Å². The lowest BCUT2D eigenvalue weighted by molar-refractivity contribution is -0.126. The van der Waals surface area contributed by atoms with Crippen molar-refractivity contribution in [3.63, 3.8) is 0 Å². The fourth-order valence-corrected chi connectivity index (χ4v) is 4.54. The molecule has 2 saturated heterocycles. The minimum absolute atomic E-state index is 0.0667. The Hall–Kier alpha value is -0.740. The van der Waals surface area contributed by atoms with Crippen molar-refractivity contribution >= 4 is 16.1 Å². The second-order valence-corrected chi connectivity index (χ2v) is 7.78. The summed E-state index contributed by atoms with van der Waals surface area (Å²) in [7, 11) is -1.87. The average molecular weight is 349 g/mol. The number of nitrogens with one attached hydrogen (secondary N) is 1. The van der Waals surface area contributed by atoms with Crippen LogP contribution in [0.2, 0.25) is 0 Å². The molecular formula is C14H27N3O5S. The molecular weight excluding hydrogens is 322 g/mol. The Morgan fingerprint density at radius 1 is 1.26 bits per heavy atom. The van der Waals surface area contributed by atoms with Crippen molar-refractivity contribution in [2.45, 2.75) is 19.3 Å². The summed E-state index contributed by atoms with van der Waals surface area (Å²) in [6.45, 7) is 3.51. The Balaban J connectivity index is 1.88. The van der Waals surface area contributed by atoms with Gasteiger partial charge in [-0.05, 0) is 19.3 Å². The van der Waals surface area contributed by atoms with Crippen molar-refractivity contribution in [1.82, 2.24) is 13.9 Å². The molecule has 0 aliphatic carbocycles. The van der Waals surface area contributed by atoms with Gasteiger partial charge in [-0.15, -0.1) is 0 Å². The lowest BCUT2D eigenvalue weighted by Crippen LogP contribution is -2.53. The van der Waals surface area contributed by atoms with Gasteiger partial charge in [-0.3, -0.25) is 4.79 Å². The first-order valence-corrected chi connectivity index (χ1v) is 9.55. The number of carbonyl (C=O) groups excluding carboxylic acids is 1. The topological polar surface area (TPSA) is 88.2 Å². The Morgan fingerprint density at radius 3 is 2.70 bits per heavy atom. The van der Waals surface area contributed by atoms with E-state index in [-0.39, 0.29) is 18.4 Å². The van der Waals surface area contributed by atoms with Crippen molar-refractivity contribution in [1.29, 1.82) is 0 Å². The summed E-state index contributed by atoms with van der Waals surface area (Å²) in [5, 5.41) is 2.86. The van der Waals surface area contributed by atoms with E-state index in [0.29, 0.717) is 52.4 Å². The summed E-state index contributed by atoms with van der Waals surface area (Å²) in [6.07, 6.45) is 2.19. The first-order chi connectivity index (χ1) is 11.1. The van der Waals surface area contributed by atoms with Crippen molar-refractivity contribution in [2.24, 2.45) is 5.92 Å². The highest BCUT2D eigenvalue weighted by Gasteiger charge is 2.36. The number of hydrogen-bond acceptors (Lipinski definition) is 5. The normalized spacial score (nSPS) is 24.5. The second-order valence-electron chi connectivity index (χ2n) is 5.85. The highest BCUT2D eigenvalue weighted by Crippen LogP contribution is 2.22. The van der Waals surface area contributed by atoms with Gasteiger partial charge in [-0.2, -0.15) is 17.0 Å². The van der Waals surface area contributed by atoms with Crippen LogP contribution in [0.15, 0.2) is 0 Å². The third kappa shape index (κ3) is 5.12. The van der Waals surface area contributed by atoms with E-state index in [1.807, 2.05) is 0 Å². The monoisotopic (exact) mass is 349 g/mol. The van der Waals surface area contributed by atoms with E-state index in [1.165, 1.54) is 8.61 Å². The SMILES string of the molecule is COCCCNC(=O)[C@@H]1CCCN(S(=O)(=O)N2CCOCC2)C1. The van der Waals surface area contributed by atoms with Gasteiger partial charge >= 0.3 is 0 Å². The van der Waals surface area contributed by atoms with Gasteiger partial charge in [-0.1, -0.05) is 0 Å². The number of amides is 1. The van der Waals surface area contributed by atoms with Crippen LogP contribution in [0.1, 0.15) is 19.3 Å². The van der Waals surface area contributed by atoms with Crippen LogP contribution in [0.4, 0.5) is 0 Å². The van der Waals surface area contributed by atoms with Crippen LogP contribution < -0.4 is 5.32 Å². The first-order valence-electron chi connectivity index (χ1n) is 8.15. The minimum Gasteiger partial charge on any atom is -0.385 e. The van der Waals surface area contributed by atoms with Crippen LogP contribution in [-0.2, 0) is 24.5 Å². The van der Waals surface area contributed by atoms with Crippen LogP contribution in [0.3, 0.4) is 0 Å². The molecule has 0 aromatic heterocycles. The van der Waals surface area contributed by atoms with Crippen molar-refractivity contribution in [3.8, 4) is 0 Å². The van der Waals surface area contributed by atoms with E-state index in [9.17, 15) is 13.2 Å². The third-order valence-electron chi connectivity index (χ3n) is 4.20. The molecule has 9 heteroatoms. The lowest BCUT2D eigenvalue weighted by Gasteiger charge is -2.36. The number of hydrogen-bond donors (Lipinski definition) is 1. The molecule has 2 aliphatic rings. The first kappa shape index (κ1) is 18.6. The van der Waals surface area contributed by atoms with Crippen LogP contribution in [0.25, 0.3) is 0 Å². The third-order valence-corrected chi connectivity index (χ3v) is 6.20. The minimum atomic E-state index is -3.49. The molecule has 0 aromatic carbocycles. The average Bonchev–Trinajstić information content (AvgIpc) is 2.59. The van der Waals surface area contributed by atoms with Crippen LogP contribution >= 0.6 is 0 Å². The van der Waals surface area contributed by atoms with Gasteiger partial charge in [-0.25, -0.2) is 0 Å². The molecule has 2 fully saturated rings. The van der Waals surface area contributed by atoms with E-state index in [4.69, 9.17) is 9.47 Å². The maximum absolute atomic E-state index is 12.7. The number of ether oxygens (including phenoxy) is 2.